The minimum atomic E-state index is -1.71. The second-order valence-electron chi connectivity index (χ2n) is 9.74. The number of nitrogens with zero attached hydrogens (tertiary/aromatic N) is 1. The normalized spacial score (nSPS) is 36.9. The van der Waals surface area contributed by atoms with E-state index in [0.29, 0.717) is 23.9 Å². The molecule has 0 aliphatic carbocycles. The highest BCUT2D eigenvalue weighted by molar-refractivity contribution is 6.83. The lowest BCUT2D eigenvalue weighted by Crippen LogP contribution is -2.63. The summed E-state index contributed by atoms with van der Waals surface area (Å²) in [6, 6.07) is 0.695. The molecule has 1 unspecified atom stereocenters. The zero-order valence-electron chi connectivity index (χ0n) is 16.4. The van der Waals surface area contributed by atoms with Crippen LogP contribution in [-0.2, 0) is 9.53 Å². The van der Waals surface area contributed by atoms with Crippen molar-refractivity contribution in [2.45, 2.75) is 95.2 Å². The summed E-state index contributed by atoms with van der Waals surface area (Å²) < 4.78 is 6.32. The van der Waals surface area contributed by atoms with Crippen molar-refractivity contribution >= 4 is 14.0 Å². The van der Waals surface area contributed by atoms with Crippen LogP contribution in [0.25, 0.3) is 0 Å². The smallest absolute Gasteiger partial charge is 0.223 e. The van der Waals surface area contributed by atoms with Gasteiger partial charge in [0.25, 0.3) is 0 Å². The number of amides is 1. The van der Waals surface area contributed by atoms with E-state index in [9.17, 15) is 4.79 Å². The van der Waals surface area contributed by atoms with Crippen LogP contribution in [0.3, 0.4) is 0 Å². The lowest BCUT2D eigenvalue weighted by atomic mass is 9.78. The molecule has 0 radical (unpaired) electrons. The molecule has 0 spiro atoms. The Morgan fingerprint density at radius 3 is 2.50 bits per heavy atom. The number of carbonyl (C=O) groups excluding carboxylic acids is 1. The second kappa shape index (κ2) is 5.70. The fourth-order valence-corrected chi connectivity index (χ4v) is 8.40. The van der Waals surface area contributed by atoms with E-state index in [4.69, 9.17) is 4.74 Å². The van der Waals surface area contributed by atoms with E-state index >= 15 is 0 Å². The van der Waals surface area contributed by atoms with Crippen LogP contribution >= 0.6 is 0 Å². The van der Waals surface area contributed by atoms with Crippen molar-refractivity contribution < 1.29 is 9.53 Å². The van der Waals surface area contributed by atoms with Gasteiger partial charge in [-0.25, -0.2) is 0 Å². The van der Waals surface area contributed by atoms with Gasteiger partial charge >= 0.3 is 0 Å². The monoisotopic (exact) mass is 349 g/mol. The van der Waals surface area contributed by atoms with Gasteiger partial charge in [0.05, 0.1) is 19.9 Å². The average molecular weight is 350 g/mol. The van der Waals surface area contributed by atoms with Crippen molar-refractivity contribution in [1.29, 1.82) is 0 Å². The number of carbonyl (C=O) groups is 1. The molecule has 3 nitrogen and oxygen atoms in total. The van der Waals surface area contributed by atoms with Crippen LogP contribution in [0.1, 0.15) is 59.8 Å². The van der Waals surface area contributed by atoms with Gasteiger partial charge in [-0.3, -0.25) is 4.79 Å². The van der Waals surface area contributed by atoms with Crippen LogP contribution in [0.2, 0.25) is 18.1 Å². The average Bonchev–Trinajstić information content (AvgIpc) is 3.18. The van der Waals surface area contributed by atoms with Gasteiger partial charge in [-0.2, -0.15) is 0 Å². The van der Waals surface area contributed by atoms with E-state index in [0.717, 1.165) is 38.7 Å². The summed E-state index contributed by atoms with van der Waals surface area (Å²) in [4.78, 5) is 14.9. The molecule has 0 bridgehead atoms. The predicted molar refractivity (Wildman–Crippen MR) is 102 cm³/mol. The molecular weight excluding hydrogens is 314 g/mol. The van der Waals surface area contributed by atoms with E-state index in [1.165, 1.54) is 5.57 Å². The zero-order chi connectivity index (χ0) is 17.9. The molecule has 0 saturated carbocycles. The van der Waals surface area contributed by atoms with Crippen LogP contribution < -0.4 is 0 Å². The van der Waals surface area contributed by atoms with Crippen LogP contribution in [0.15, 0.2) is 12.2 Å². The quantitative estimate of drug-likeness (QED) is 0.424. The van der Waals surface area contributed by atoms with Gasteiger partial charge in [0.1, 0.15) is 0 Å². The van der Waals surface area contributed by atoms with Crippen molar-refractivity contribution in [3.63, 3.8) is 0 Å². The maximum Gasteiger partial charge on any atom is 0.223 e. The van der Waals surface area contributed by atoms with Gasteiger partial charge in [-0.15, -0.1) is 0 Å². The third kappa shape index (κ3) is 2.44. The van der Waals surface area contributed by atoms with Gasteiger partial charge in [-0.1, -0.05) is 59.4 Å². The van der Waals surface area contributed by atoms with Crippen LogP contribution in [0, 0.1) is 5.92 Å². The molecule has 0 aromatic rings. The van der Waals surface area contributed by atoms with Crippen molar-refractivity contribution in [1.82, 2.24) is 4.90 Å². The lowest BCUT2D eigenvalue weighted by molar-refractivity contribution is -0.133. The Hall–Kier alpha value is -0.613. The first kappa shape index (κ1) is 18.2. The second-order valence-corrected chi connectivity index (χ2v) is 15.3. The maximum atomic E-state index is 12.6. The summed E-state index contributed by atoms with van der Waals surface area (Å²) >= 11 is 0. The molecule has 3 heterocycles. The molecule has 24 heavy (non-hydrogen) atoms. The molecule has 1 amide bonds. The first-order valence-electron chi connectivity index (χ1n) is 9.69. The van der Waals surface area contributed by atoms with E-state index in [2.05, 4.69) is 52.3 Å². The number of fused-ring (bicyclic) bond motifs is 1. The summed E-state index contributed by atoms with van der Waals surface area (Å²) in [5, 5.41) is 0.239. The van der Waals surface area contributed by atoms with Gasteiger partial charge < -0.3 is 9.64 Å². The molecule has 3 aliphatic heterocycles. The molecule has 136 valence electrons. The number of ether oxygens (including phenoxy) is 1. The van der Waals surface area contributed by atoms with Crippen LogP contribution in [0.5, 0.6) is 0 Å². The molecule has 0 N–H and O–H groups in total. The minimum Gasteiger partial charge on any atom is -0.373 e. The van der Waals surface area contributed by atoms with Gasteiger partial charge in [0.15, 0.2) is 0 Å². The standard InChI is InChI=1S/C20H35NO2Si/c1-8-9-16-18(14(2)12-15-10-11-17(22)21(15)16)20(13-23-20)24(6,7)19(3,4)5/h15-16,18H,2,8-13H2,1,3-7H3/t15-,16+,18-,20?/m0/s1. The highest BCUT2D eigenvalue weighted by Gasteiger charge is 2.69. The number of hydrogen-bond donors (Lipinski definition) is 0. The Morgan fingerprint density at radius 2 is 2.00 bits per heavy atom. The molecule has 3 fully saturated rings. The van der Waals surface area contributed by atoms with E-state index < -0.39 is 8.07 Å². The topological polar surface area (TPSA) is 32.8 Å². The summed E-state index contributed by atoms with van der Waals surface area (Å²) in [5.74, 6) is 0.693. The Bertz CT molecular complexity index is 544. The Kier molecular flexibility index (Phi) is 4.32. The minimum absolute atomic E-state index is 0.0317. The highest BCUT2D eigenvalue weighted by atomic mass is 28.3. The predicted octanol–water partition coefficient (Wildman–Crippen LogP) is 4.54. The Morgan fingerprint density at radius 1 is 1.38 bits per heavy atom. The largest absolute Gasteiger partial charge is 0.373 e. The summed E-state index contributed by atoms with van der Waals surface area (Å²) in [7, 11) is -1.71. The maximum absolute atomic E-state index is 12.6. The van der Waals surface area contributed by atoms with Crippen LogP contribution in [0.4, 0.5) is 0 Å². The SMILES string of the molecule is C=C1C[C@@H]2CCC(=O)N2[C@H](CCC)[C@H]1C1([Si](C)(C)C(C)(C)C)CO1. The molecule has 4 atom stereocenters. The summed E-state index contributed by atoms with van der Waals surface area (Å²) in [5.41, 5.74) is 1.35. The summed E-state index contributed by atoms with van der Waals surface area (Å²) in [6.45, 7) is 19.7. The lowest BCUT2D eigenvalue weighted by Gasteiger charge is -2.52. The molecule has 3 aliphatic rings. The van der Waals surface area contributed by atoms with Gasteiger partial charge in [-0.05, 0) is 24.3 Å². The van der Waals surface area contributed by atoms with Crippen molar-refractivity contribution in [2.24, 2.45) is 5.92 Å². The molecule has 0 aromatic heterocycles. The van der Waals surface area contributed by atoms with E-state index in [-0.39, 0.29) is 10.3 Å². The third-order valence-electron chi connectivity index (χ3n) is 7.53. The molecule has 3 saturated heterocycles. The van der Waals surface area contributed by atoms with Crippen molar-refractivity contribution in [3.8, 4) is 0 Å². The third-order valence-corrected chi connectivity index (χ3v) is 14.0. The van der Waals surface area contributed by atoms with Gasteiger partial charge in [0, 0.05) is 24.4 Å². The number of rotatable bonds is 4. The fraction of sp³-hybridized carbons (Fsp3) is 0.850. The van der Waals surface area contributed by atoms with Crippen LogP contribution in [-0.4, -0.2) is 42.8 Å². The van der Waals surface area contributed by atoms with Crippen molar-refractivity contribution in [3.05, 3.63) is 12.2 Å². The highest BCUT2D eigenvalue weighted by Crippen LogP contribution is 2.59. The number of piperidine rings is 1. The first-order chi connectivity index (χ1) is 11.1. The number of hydrogen-bond acceptors (Lipinski definition) is 2. The summed E-state index contributed by atoms with van der Waals surface area (Å²) in [6.07, 6.45) is 4.90. The Labute approximate surface area is 148 Å². The molecular formula is C20H35NO2Si. The van der Waals surface area contributed by atoms with E-state index in [1.807, 2.05) is 0 Å². The fourth-order valence-electron chi connectivity index (χ4n) is 5.16. The molecule has 3 rings (SSSR count). The number of epoxide rings is 1. The van der Waals surface area contributed by atoms with Gasteiger partial charge in [0.2, 0.25) is 5.91 Å². The van der Waals surface area contributed by atoms with Crippen molar-refractivity contribution in [2.75, 3.05) is 6.61 Å². The van der Waals surface area contributed by atoms with E-state index in [1.54, 1.807) is 0 Å². The molecule has 4 heteroatoms. The Balaban J connectivity index is 2.01. The zero-order valence-corrected chi connectivity index (χ0v) is 17.4. The first-order valence-corrected chi connectivity index (χ1v) is 12.7. The molecule has 0 aromatic carbocycles.